The van der Waals surface area contributed by atoms with Gasteiger partial charge in [-0.15, -0.1) is 0 Å². The number of aliphatic imine (C=N–C) groups is 2. The van der Waals surface area contributed by atoms with Crippen molar-refractivity contribution in [2.45, 2.75) is 82.7 Å². The van der Waals surface area contributed by atoms with Gasteiger partial charge in [-0.1, -0.05) is 62.6 Å². The smallest absolute Gasteiger partial charge is 0.256 e. The maximum absolute atomic E-state index is 13.4. The van der Waals surface area contributed by atoms with Crippen molar-refractivity contribution < 1.29 is 9.35 Å². The second-order valence-electron chi connectivity index (χ2n) is 10.00. The van der Waals surface area contributed by atoms with Crippen molar-refractivity contribution in [3.8, 4) is 11.1 Å². The minimum atomic E-state index is -1.42. The molecule has 1 spiro atoms. The van der Waals surface area contributed by atoms with Gasteiger partial charge in [-0.2, -0.15) is 4.72 Å². The van der Waals surface area contributed by atoms with E-state index in [0.29, 0.717) is 12.4 Å². The summed E-state index contributed by atoms with van der Waals surface area (Å²) in [6.07, 6.45) is 6.89. The van der Waals surface area contributed by atoms with Gasteiger partial charge in [0.25, 0.3) is 5.91 Å². The molecular weight excluding hydrogens is 468 g/mol. The van der Waals surface area contributed by atoms with Crippen LogP contribution >= 0.6 is 0 Å². The lowest BCUT2D eigenvalue weighted by molar-refractivity contribution is -0.131. The van der Waals surface area contributed by atoms with E-state index < -0.39 is 16.9 Å². The molecule has 6 nitrogen and oxygen atoms in total. The molecule has 1 amide bonds. The Kier molecular flexibility index (Phi) is 7.04. The molecule has 0 aromatic heterocycles. The van der Waals surface area contributed by atoms with E-state index in [-0.39, 0.29) is 5.91 Å². The van der Waals surface area contributed by atoms with Crippen molar-refractivity contribution in [2.75, 3.05) is 0 Å². The van der Waals surface area contributed by atoms with Gasteiger partial charge in [-0.25, -0.2) is 4.99 Å². The summed E-state index contributed by atoms with van der Waals surface area (Å²) in [6, 6.07) is 16.0. The van der Waals surface area contributed by atoms with Crippen molar-refractivity contribution in [1.29, 1.82) is 0 Å². The van der Waals surface area contributed by atoms with Crippen molar-refractivity contribution in [1.82, 2.24) is 9.62 Å². The minimum absolute atomic E-state index is 0.181. The van der Waals surface area contributed by atoms with Crippen LogP contribution in [0, 0.1) is 0 Å². The largest absolute Gasteiger partial charge is 0.588 e. The molecular formula is C29H34N4O2S. The molecule has 2 aromatic carbocycles. The molecule has 5 rings (SSSR count). The molecule has 3 aliphatic rings. The number of amidine groups is 2. The first-order valence-electron chi connectivity index (χ1n) is 13.0. The first-order valence-corrected chi connectivity index (χ1v) is 14.1. The van der Waals surface area contributed by atoms with E-state index in [1.165, 1.54) is 0 Å². The third-order valence-electron chi connectivity index (χ3n) is 7.54. The number of nitrogens with zero attached hydrogens (tertiary/aromatic N) is 3. The molecule has 36 heavy (non-hydrogen) atoms. The Balaban J connectivity index is 1.33. The van der Waals surface area contributed by atoms with Crippen LogP contribution in [-0.2, 0) is 22.7 Å². The quantitative estimate of drug-likeness (QED) is 0.455. The standard InChI is InChI=1S/C29H34N4O2S/c1-4-5-12-26-31-29(17-8-9-18-29)28(34)33(26)19-22-13-15-23(16-14-22)24-10-6-7-11-25(24)36(35)32-27-20(2)21(3)30-27/h6-7,10-11,13-16H,4-5,8-9,12,17-19H2,1-3H3,(H,30,32). The molecule has 1 atom stereocenters. The van der Waals surface area contributed by atoms with Crippen LogP contribution in [0.5, 0.6) is 0 Å². The number of hydrogen-bond donors (Lipinski definition) is 1. The summed E-state index contributed by atoms with van der Waals surface area (Å²) in [6.45, 7) is 6.64. The maximum atomic E-state index is 13.4. The van der Waals surface area contributed by atoms with Gasteiger partial charge in [0.15, 0.2) is 10.7 Å². The maximum Gasteiger partial charge on any atom is 0.256 e. The number of rotatable bonds is 8. The van der Waals surface area contributed by atoms with E-state index in [1.807, 2.05) is 43.0 Å². The molecule has 0 saturated heterocycles. The van der Waals surface area contributed by atoms with Gasteiger partial charge in [-0.05, 0) is 56.4 Å². The third kappa shape index (κ3) is 4.62. The minimum Gasteiger partial charge on any atom is -0.588 e. The monoisotopic (exact) mass is 502 g/mol. The van der Waals surface area contributed by atoms with Crippen LogP contribution in [0.1, 0.15) is 71.3 Å². The average Bonchev–Trinajstić information content (AvgIpc) is 3.48. The zero-order valence-electron chi connectivity index (χ0n) is 21.3. The predicted octanol–water partition coefficient (Wildman–Crippen LogP) is 5.92. The zero-order valence-corrected chi connectivity index (χ0v) is 22.2. The highest BCUT2D eigenvalue weighted by molar-refractivity contribution is 7.90. The van der Waals surface area contributed by atoms with Gasteiger partial charge >= 0.3 is 0 Å². The van der Waals surface area contributed by atoms with E-state index in [4.69, 9.17) is 4.99 Å². The number of nitrogens with one attached hydrogen (secondary N) is 1. The van der Waals surface area contributed by atoms with Gasteiger partial charge in [0, 0.05) is 23.3 Å². The van der Waals surface area contributed by atoms with Crippen LogP contribution in [0.25, 0.3) is 11.1 Å². The number of amides is 1. The molecule has 7 heteroatoms. The topological polar surface area (TPSA) is 80.1 Å². The van der Waals surface area contributed by atoms with Crippen molar-refractivity contribution in [3.63, 3.8) is 0 Å². The van der Waals surface area contributed by atoms with E-state index in [9.17, 15) is 9.35 Å². The summed E-state index contributed by atoms with van der Waals surface area (Å²) in [5.41, 5.74) is 4.49. The second-order valence-corrected chi connectivity index (χ2v) is 11.2. The summed E-state index contributed by atoms with van der Waals surface area (Å²) in [5, 5.41) is 0. The highest BCUT2D eigenvalue weighted by Crippen LogP contribution is 2.40. The van der Waals surface area contributed by atoms with Gasteiger partial charge in [0.05, 0.1) is 6.54 Å². The predicted molar refractivity (Wildman–Crippen MR) is 146 cm³/mol. The molecule has 0 bridgehead atoms. The molecule has 1 aliphatic carbocycles. The highest BCUT2D eigenvalue weighted by atomic mass is 32.2. The van der Waals surface area contributed by atoms with Crippen molar-refractivity contribution in [2.24, 2.45) is 9.98 Å². The van der Waals surface area contributed by atoms with Crippen molar-refractivity contribution >= 4 is 28.9 Å². The Labute approximate surface area is 216 Å². The van der Waals surface area contributed by atoms with E-state index in [2.05, 4.69) is 40.9 Å². The van der Waals surface area contributed by atoms with Crippen LogP contribution in [0.2, 0.25) is 0 Å². The fraction of sp³-hybridized carbons (Fsp3) is 0.414. The number of allylic oxidation sites excluding steroid dienone is 1. The normalized spacial score (nSPS) is 19.4. The van der Waals surface area contributed by atoms with Gasteiger partial charge in [-0.3, -0.25) is 14.7 Å². The van der Waals surface area contributed by atoms with Gasteiger partial charge in [0.2, 0.25) is 0 Å². The number of hydrogen-bond acceptors (Lipinski definition) is 5. The van der Waals surface area contributed by atoms with Crippen LogP contribution in [0.4, 0.5) is 0 Å². The lowest BCUT2D eigenvalue weighted by Gasteiger charge is -2.23. The first-order chi connectivity index (χ1) is 17.4. The molecule has 0 radical (unpaired) electrons. The number of carbonyl (C=O) groups excluding carboxylic acids is 1. The molecule has 2 aromatic rings. The Morgan fingerprint density at radius 3 is 2.47 bits per heavy atom. The summed E-state index contributed by atoms with van der Waals surface area (Å²) in [5.74, 6) is 1.82. The molecule has 1 unspecified atom stereocenters. The fourth-order valence-corrected chi connectivity index (χ4v) is 6.31. The molecule has 1 N–H and O–H groups in total. The van der Waals surface area contributed by atoms with Crippen molar-refractivity contribution in [3.05, 3.63) is 65.4 Å². The summed E-state index contributed by atoms with van der Waals surface area (Å²) in [7, 11) is 0. The summed E-state index contributed by atoms with van der Waals surface area (Å²) >= 11 is -1.42. The average molecular weight is 503 g/mol. The summed E-state index contributed by atoms with van der Waals surface area (Å²) < 4.78 is 16.2. The van der Waals surface area contributed by atoms with Gasteiger partial charge in [0.1, 0.15) is 22.7 Å². The van der Waals surface area contributed by atoms with Crippen LogP contribution < -0.4 is 4.72 Å². The summed E-state index contributed by atoms with van der Waals surface area (Å²) in [4.78, 5) is 25.4. The van der Waals surface area contributed by atoms with E-state index in [0.717, 1.165) is 83.6 Å². The highest BCUT2D eigenvalue weighted by Gasteiger charge is 2.49. The SMILES string of the molecule is CCCCC1=NC2(CCCC2)C(=O)N1Cc1ccc(-c2ccccc2[S+]([O-])NC2=NC(C)=C2C)cc1. The first kappa shape index (κ1) is 24.8. The van der Waals surface area contributed by atoms with Gasteiger partial charge < -0.3 is 4.55 Å². The molecule has 2 heterocycles. The number of carbonyl (C=O) groups is 1. The Hall–Kier alpha value is -2.90. The van der Waals surface area contributed by atoms with Crippen LogP contribution in [-0.4, -0.2) is 32.6 Å². The molecule has 1 fully saturated rings. The van der Waals surface area contributed by atoms with Crippen LogP contribution in [0.15, 0.2) is 74.7 Å². The Morgan fingerprint density at radius 1 is 1.08 bits per heavy atom. The lowest BCUT2D eigenvalue weighted by atomic mass is 9.98. The Morgan fingerprint density at radius 2 is 1.81 bits per heavy atom. The number of unbranched alkanes of at least 4 members (excludes halogenated alkanes) is 1. The Bertz CT molecular complexity index is 1240. The second kappa shape index (κ2) is 10.2. The lowest BCUT2D eigenvalue weighted by Crippen LogP contribution is -2.40. The molecule has 188 valence electrons. The molecule has 1 saturated carbocycles. The zero-order chi connectivity index (χ0) is 25.3. The van der Waals surface area contributed by atoms with E-state index >= 15 is 0 Å². The number of benzene rings is 2. The fourth-order valence-electron chi connectivity index (χ4n) is 5.23. The van der Waals surface area contributed by atoms with Crippen LogP contribution in [0.3, 0.4) is 0 Å². The third-order valence-corrected chi connectivity index (χ3v) is 8.68. The van der Waals surface area contributed by atoms with E-state index in [1.54, 1.807) is 0 Å². The molecule has 2 aliphatic heterocycles.